The van der Waals surface area contributed by atoms with Gasteiger partial charge in [0.05, 0.1) is 65.4 Å². The van der Waals surface area contributed by atoms with Crippen LogP contribution in [0.25, 0.3) is 0 Å². The molecular formula is C108H96F6O12P6S6. The third-order valence-electron chi connectivity index (χ3n) is 17.6. The van der Waals surface area contributed by atoms with Gasteiger partial charge < -0.3 is 56.8 Å². The zero-order chi connectivity index (χ0) is 99.0. The minimum absolute atomic E-state index is 0.0146. The Hall–Kier alpha value is -11.2. The molecule has 138 heavy (non-hydrogen) atoms. The van der Waals surface area contributed by atoms with E-state index in [4.69, 9.17) is 56.8 Å². The van der Waals surface area contributed by atoms with E-state index in [-0.39, 0.29) is 65.4 Å². The zero-order valence-electron chi connectivity index (χ0n) is 73.6. The van der Waals surface area contributed by atoms with Crippen molar-refractivity contribution in [3.63, 3.8) is 0 Å². The van der Waals surface area contributed by atoms with Crippen LogP contribution in [0, 0.1) is 0 Å². The van der Waals surface area contributed by atoms with E-state index in [1.165, 1.54) is 88.1 Å². The summed E-state index contributed by atoms with van der Waals surface area (Å²) < 4.78 is 110. The quantitative estimate of drug-likeness (QED) is 0.0443. The molecule has 708 valence electrons. The molecule has 30 heteroatoms. The molecule has 12 nitrogen and oxygen atoms in total. The SMILES string of the molecule is O=[PH]([O-])F.O=[PH]([O-])F.O=[PH]([O-])F.O=[PH]([O-])F.O=[PH]([O-])F.O=[PH]([O-])F.c1ccc([S+](c2ccccc2)c2ccccc2)cc1.c1ccc([S+](c2ccccc2)c2ccccc2)cc1.c1ccc([S+](c2ccccc2)c2ccccc2)cc1.c1ccc([S+](c2ccccc2)c2ccccc2)cc1.c1ccc([S+](c2ccccc2)c2ccccc2)cc1.c1ccc([S+](c2ccccc2)c2ccccc2)cc1. The van der Waals surface area contributed by atoms with E-state index in [1.54, 1.807) is 0 Å². The van der Waals surface area contributed by atoms with Crippen molar-refractivity contribution in [3.05, 3.63) is 546 Å². The van der Waals surface area contributed by atoms with Gasteiger partial charge in [-0.05, 0) is 218 Å². The van der Waals surface area contributed by atoms with Gasteiger partial charge in [0.1, 0.15) is 0 Å². The van der Waals surface area contributed by atoms with Crippen molar-refractivity contribution in [1.82, 2.24) is 0 Å². The number of benzene rings is 18. The predicted octanol–water partition coefficient (Wildman–Crippen LogP) is 26.9. The summed E-state index contributed by atoms with van der Waals surface area (Å²) in [6.45, 7) is 0. The lowest BCUT2D eigenvalue weighted by molar-refractivity contribution is -0.175. The van der Waals surface area contributed by atoms with Crippen molar-refractivity contribution in [1.29, 1.82) is 0 Å². The molecule has 18 aromatic carbocycles. The highest BCUT2D eigenvalue weighted by Crippen LogP contribution is 2.37. The van der Waals surface area contributed by atoms with Gasteiger partial charge in [0.25, 0.3) is 0 Å². The van der Waals surface area contributed by atoms with Gasteiger partial charge in [0.15, 0.2) is 138 Å². The normalized spacial score (nSPS) is 11.4. The topological polar surface area (TPSA) is 241 Å². The maximum atomic E-state index is 9.99. The molecule has 0 amide bonds. The molecule has 18 aromatic rings. The number of hydrogen-bond acceptors (Lipinski definition) is 12. The standard InChI is InChI=1S/6C18H15S.6FH2O2P/c6*1-4-10-16(11-5-1)19(17-12-6-2-7-13-17)18-14-8-3-9-15-18;6*1-4(2)3/h6*1-15H;6*4H,(H,2,3)/q6*+1;;;;;;/p-6. The molecule has 0 aliphatic heterocycles. The molecule has 0 saturated heterocycles. The molecule has 0 spiro atoms. The molecule has 6 atom stereocenters. The maximum absolute atomic E-state index is 9.99. The summed E-state index contributed by atoms with van der Waals surface area (Å²) in [6, 6.07) is 193. The Morgan fingerprint density at radius 1 is 0.109 bits per heavy atom. The zero-order valence-corrected chi connectivity index (χ0v) is 84.5. The first-order valence-corrected chi connectivity index (χ1v) is 56.2. The van der Waals surface area contributed by atoms with E-state index >= 15 is 0 Å². The molecule has 0 aromatic heterocycles. The monoisotopic (exact) mass is 2080 g/mol. The number of halogens is 6. The highest BCUT2D eigenvalue weighted by molar-refractivity contribution is 7.98. The highest BCUT2D eigenvalue weighted by Gasteiger charge is 2.33. The van der Waals surface area contributed by atoms with Crippen molar-refractivity contribution >= 4 is 115 Å². The van der Waals surface area contributed by atoms with Crippen molar-refractivity contribution in [2.45, 2.75) is 88.1 Å². The van der Waals surface area contributed by atoms with Crippen LogP contribution in [0.4, 0.5) is 25.2 Å². The van der Waals surface area contributed by atoms with E-state index < -0.39 is 50.0 Å². The van der Waals surface area contributed by atoms with Gasteiger partial charge in [-0.25, -0.2) is 25.2 Å². The van der Waals surface area contributed by atoms with Crippen molar-refractivity contribution in [2.24, 2.45) is 0 Å². The first-order valence-electron chi connectivity index (χ1n) is 41.6. The summed E-state index contributed by atoms with van der Waals surface area (Å²) in [7, 11) is -23.4. The van der Waals surface area contributed by atoms with E-state index in [9.17, 15) is 25.2 Å². The smallest absolute Gasteiger partial charge is 0.169 e. The van der Waals surface area contributed by atoms with Gasteiger partial charge >= 0.3 is 0 Å². The summed E-state index contributed by atoms with van der Waals surface area (Å²) in [5.74, 6) is 0. The average Bonchev–Trinajstić information content (AvgIpc) is 0.848. The van der Waals surface area contributed by atoms with E-state index in [0.29, 0.717) is 0 Å². The molecule has 0 saturated carbocycles. The molecule has 0 heterocycles. The molecule has 0 bridgehead atoms. The molecule has 0 radical (unpaired) electrons. The second kappa shape index (κ2) is 68.7. The lowest BCUT2D eigenvalue weighted by Crippen LogP contribution is -2.04. The minimum Gasteiger partial charge on any atom is -0.777 e. The Morgan fingerprint density at radius 3 is 0.181 bits per heavy atom. The Bertz CT molecular complexity index is 4770. The van der Waals surface area contributed by atoms with Crippen LogP contribution < -0.4 is 29.4 Å². The van der Waals surface area contributed by atoms with Crippen LogP contribution in [0.5, 0.6) is 0 Å². The van der Waals surface area contributed by atoms with Crippen LogP contribution in [0.3, 0.4) is 0 Å². The minimum atomic E-state index is -3.88. The molecule has 0 aliphatic carbocycles. The Morgan fingerprint density at radius 2 is 0.145 bits per heavy atom. The van der Waals surface area contributed by atoms with Gasteiger partial charge in [-0.2, -0.15) is 0 Å². The van der Waals surface area contributed by atoms with Crippen LogP contribution >= 0.6 is 50.0 Å². The van der Waals surface area contributed by atoms with Crippen LogP contribution in [0.2, 0.25) is 0 Å². The molecular weight excluding hydrogens is 1980 g/mol. The maximum Gasteiger partial charge on any atom is 0.169 e. The lowest BCUT2D eigenvalue weighted by atomic mass is 10.4. The summed E-state index contributed by atoms with van der Waals surface area (Å²) >= 11 is 0. The van der Waals surface area contributed by atoms with Crippen LogP contribution in [0.15, 0.2) is 634 Å². The van der Waals surface area contributed by atoms with Crippen LogP contribution in [-0.4, -0.2) is 0 Å². The summed E-state index contributed by atoms with van der Waals surface area (Å²) in [6.07, 6.45) is 0. The van der Waals surface area contributed by atoms with Crippen LogP contribution in [0.1, 0.15) is 0 Å². The van der Waals surface area contributed by atoms with Gasteiger partial charge in [-0.3, -0.25) is 0 Å². The van der Waals surface area contributed by atoms with Gasteiger partial charge in [-0.15, -0.1) is 0 Å². The van der Waals surface area contributed by atoms with E-state index in [0.717, 1.165) is 0 Å². The fourth-order valence-corrected chi connectivity index (χ4v) is 25.1. The largest absolute Gasteiger partial charge is 0.777 e. The molecule has 0 N–H and O–H groups in total. The van der Waals surface area contributed by atoms with Gasteiger partial charge in [0, 0.05) is 0 Å². The van der Waals surface area contributed by atoms with Gasteiger partial charge in [-0.1, -0.05) is 328 Å². The second-order valence-electron chi connectivity index (χ2n) is 26.9. The van der Waals surface area contributed by atoms with E-state index in [1.807, 2.05) is 0 Å². The van der Waals surface area contributed by atoms with Crippen molar-refractivity contribution in [2.75, 3.05) is 0 Å². The Kier molecular flexibility index (Phi) is 56.7. The number of rotatable bonds is 18. The third-order valence-corrected chi connectivity index (χ3v) is 31.0. The van der Waals surface area contributed by atoms with Crippen LogP contribution in [-0.2, 0) is 92.8 Å². The molecule has 6 unspecified atom stereocenters. The predicted molar refractivity (Wildman–Crippen MR) is 550 cm³/mol. The third kappa shape index (κ3) is 45.6. The average molecular weight is 2080 g/mol. The first-order chi connectivity index (χ1) is 67.1. The fourth-order valence-electron chi connectivity index (χ4n) is 12.5. The Balaban J connectivity index is 0.000000215. The molecule has 18 rings (SSSR count). The van der Waals surface area contributed by atoms with Crippen molar-refractivity contribution < 1.29 is 81.9 Å². The molecule has 0 aliphatic rings. The second-order valence-corrected chi connectivity index (χ2v) is 41.9. The summed E-state index contributed by atoms with van der Waals surface area (Å²) in [5, 5.41) is 0. The van der Waals surface area contributed by atoms with Crippen molar-refractivity contribution in [3.8, 4) is 0 Å². The van der Waals surface area contributed by atoms with E-state index in [2.05, 4.69) is 546 Å². The number of hydrogen-bond donors (Lipinski definition) is 0. The summed E-state index contributed by atoms with van der Waals surface area (Å²) in [5.41, 5.74) is 0. The Labute approximate surface area is 824 Å². The first kappa shape index (κ1) is 114. The molecule has 0 fully saturated rings. The highest BCUT2D eigenvalue weighted by atomic mass is 32.2. The lowest BCUT2D eigenvalue weighted by Gasteiger charge is -2.07. The fraction of sp³-hybridized carbons (Fsp3) is 0. The summed E-state index contributed by atoms with van der Waals surface area (Å²) in [4.78, 5) is 74.9. The van der Waals surface area contributed by atoms with Gasteiger partial charge in [0.2, 0.25) is 0 Å².